The van der Waals surface area contributed by atoms with E-state index in [0.717, 1.165) is 24.5 Å². The first-order chi connectivity index (χ1) is 9.31. The van der Waals surface area contributed by atoms with Crippen LogP contribution in [0.4, 0.5) is 0 Å². The molecule has 0 saturated carbocycles. The molecule has 0 radical (unpaired) electrons. The summed E-state index contributed by atoms with van der Waals surface area (Å²) >= 11 is 1.85. The maximum Gasteiger partial charge on any atom is 0.114 e. The maximum absolute atomic E-state index is 5.34. The van der Waals surface area contributed by atoms with Gasteiger partial charge >= 0.3 is 0 Å². The number of hydrogen-bond acceptors (Lipinski definition) is 3. The van der Waals surface area contributed by atoms with Gasteiger partial charge in [-0.2, -0.15) is 0 Å². The van der Waals surface area contributed by atoms with E-state index in [-0.39, 0.29) is 0 Å². The molecule has 0 spiro atoms. The van der Waals surface area contributed by atoms with Crippen molar-refractivity contribution in [1.29, 1.82) is 0 Å². The number of furan rings is 1. The molecule has 1 aromatic carbocycles. The molecule has 1 N–H and O–H groups in total. The van der Waals surface area contributed by atoms with Crippen LogP contribution in [0.2, 0.25) is 0 Å². The molecule has 1 aromatic heterocycles. The van der Waals surface area contributed by atoms with E-state index >= 15 is 0 Å². The molecule has 0 aliphatic rings. The minimum Gasteiger partial charge on any atom is -0.468 e. The molecule has 19 heavy (non-hydrogen) atoms. The summed E-state index contributed by atoms with van der Waals surface area (Å²) in [7, 11) is 0. The number of benzene rings is 1. The fraction of sp³-hybridized carbons (Fsp3) is 0.375. The summed E-state index contributed by atoms with van der Waals surface area (Å²) in [6.45, 7) is 5.26. The average molecular weight is 275 g/mol. The summed E-state index contributed by atoms with van der Waals surface area (Å²) in [5, 5.41) is 3.62. The van der Waals surface area contributed by atoms with Gasteiger partial charge in [0.15, 0.2) is 0 Å². The lowest BCUT2D eigenvalue weighted by Gasteiger charge is -2.18. The Morgan fingerprint density at radius 3 is 2.63 bits per heavy atom. The van der Waals surface area contributed by atoms with Gasteiger partial charge in [-0.05, 0) is 31.5 Å². The highest BCUT2D eigenvalue weighted by Gasteiger charge is 2.12. The van der Waals surface area contributed by atoms with Crippen LogP contribution < -0.4 is 5.32 Å². The standard InChI is InChI=1S/C16H21NOS/c1-3-10-17-15(14-7-5-4-6-8-14)12-19-16-9-11-18-13(16)2/h4-9,11,15,17H,3,10,12H2,1-2H3. The van der Waals surface area contributed by atoms with Crippen LogP contribution in [0.3, 0.4) is 0 Å². The van der Waals surface area contributed by atoms with Crippen LogP contribution in [0.25, 0.3) is 0 Å². The lowest BCUT2D eigenvalue weighted by Crippen LogP contribution is -2.24. The van der Waals surface area contributed by atoms with Gasteiger partial charge in [0.05, 0.1) is 6.26 Å². The van der Waals surface area contributed by atoms with Crippen LogP contribution in [-0.2, 0) is 0 Å². The second kappa shape index (κ2) is 7.41. The lowest BCUT2D eigenvalue weighted by molar-refractivity contribution is 0.526. The molecule has 0 aliphatic carbocycles. The van der Waals surface area contributed by atoms with E-state index in [4.69, 9.17) is 4.42 Å². The van der Waals surface area contributed by atoms with Crippen molar-refractivity contribution < 1.29 is 4.42 Å². The van der Waals surface area contributed by atoms with Gasteiger partial charge in [-0.25, -0.2) is 0 Å². The molecule has 0 fully saturated rings. The van der Waals surface area contributed by atoms with Crippen molar-refractivity contribution in [3.05, 3.63) is 54.0 Å². The molecule has 2 rings (SSSR count). The molecule has 2 aromatic rings. The van der Waals surface area contributed by atoms with Gasteiger partial charge in [-0.15, -0.1) is 11.8 Å². The number of rotatable bonds is 7. The van der Waals surface area contributed by atoms with Crippen molar-refractivity contribution in [2.45, 2.75) is 31.2 Å². The first kappa shape index (κ1) is 14.2. The number of nitrogens with one attached hydrogen (secondary N) is 1. The molecule has 2 nitrogen and oxygen atoms in total. The van der Waals surface area contributed by atoms with E-state index < -0.39 is 0 Å². The second-order valence-corrected chi connectivity index (χ2v) is 5.63. The maximum atomic E-state index is 5.34. The molecule has 1 unspecified atom stereocenters. The summed E-state index contributed by atoms with van der Waals surface area (Å²) in [6, 6.07) is 13.1. The van der Waals surface area contributed by atoms with Gasteiger partial charge in [0.25, 0.3) is 0 Å². The lowest BCUT2D eigenvalue weighted by atomic mass is 10.1. The van der Waals surface area contributed by atoms with Crippen LogP contribution in [0.5, 0.6) is 0 Å². The van der Waals surface area contributed by atoms with Crippen LogP contribution in [0.15, 0.2) is 52.0 Å². The molecule has 102 valence electrons. The minimum absolute atomic E-state index is 0.389. The Kier molecular flexibility index (Phi) is 5.55. The molecule has 0 amide bonds. The summed E-state index contributed by atoms with van der Waals surface area (Å²) in [6.07, 6.45) is 2.91. The van der Waals surface area contributed by atoms with E-state index in [1.807, 2.05) is 24.8 Å². The van der Waals surface area contributed by atoms with Crippen LogP contribution >= 0.6 is 11.8 Å². The van der Waals surface area contributed by atoms with Gasteiger partial charge in [-0.3, -0.25) is 0 Å². The van der Waals surface area contributed by atoms with Crippen LogP contribution in [-0.4, -0.2) is 12.3 Å². The quantitative estimate of drug-likeness (QED) is 0.757. The predicted molar refractivity (Wildman–Crippen MR) is 81.6 cm³/mol. The van der Waals surface area contributed by atoms with Gasteiger partial charge < -0.3 is 9.73 Å². The SMILES string of the molecule is CCCNC(CSc1ccoc1C)c1ccccc1. The smallest absolute Gasteiger partial charge is 0.114 e. The number of thioether (sulfide) groups is 1. The van der Waals surface area contributed by atoms with Gasteiger partial charge in [0, 0.05) is 16.7 Å². The average Bonchev–Trinajstić information content (AvgIpc) is 2.85. The molecule has 0 bridgehead atoms. The third kappa shape index (κ3) is 4.15. The van der Waals surface area contributed by atoms with Crippen LogP contribution in [0, 0.1) is 6.92 Å². The van der Waals surface area contributed by atoms with Crippen LogP contribution in [0.1, 0.15) is 30.7 Å². The van der Waals surface area contributed by atoms with Gasteiger partial charge in [0.2, 0.25) is 0 Å². The molecular weight excluding hydrogens is 254 g/mol. The Labute approximate surface area is 119 Å². The van der Waals surface area contributed by atoms with Gasteiger partial charge in [-0.1, -0.05) is 37.3 Å². The largest absolute Gasteiger partial charge is 0.468 e. The van der Waals surface area contributed by atoms with Crippen molar-refractivity contribution in [2.24, 2.45) is 0 Å². The van der Waals surface area contributed by atoms with E-state index in [9.17, 15) is 0 Å². The Balaban J connectivity index is 2.00. The molecule has 0 saturated heterocycles. The Hall–Kier alpha value is -1.19. The molecule has 3 heteroatoms. The zero-order valence-corrected chi connectivity index (χ0v) is 12.4. The van der Waals surface area contributed by atoms with Crippen molar-refractivity contribution >= 4 is 11.8 Å². The third-order valence-corrected chi connectivity index (χ3v) is 4.29. The minimum atomic E-state index is 0.389. The van der Waals surface area contributed by atoms with Gasteiger partial charge in [0.1, 0.15) is 5.76 Å². The molecule has 1 atom stereocenters. The Morgan fingerprint density at radius 1 is 1.21 bits per heavy atom. The van der Waals surface area contributed by atoms with Crippen molar-refractivity contribution in [1.82, 2.24) is 5.32 Å². The zero-order valence-electron chi connectivity index (χ0n) is 11.6. The van der Waals surface area contributed by atoms with Crippen molar-refractivity contribution in [2.75, 3.05) is 12.3 Å². The highest BCUT2D eigenvalue weighted by atomic mass is 32.2. The first-order valence-electron chi connectivity index (χ1n) is 6.76. The summed E-state index contributed by atoms with van der Waals surface area (Å²) in [4.78, 5) is 1.24. The second-order valence-electron chi connectivity index (χ2n) is 4.57. The summed E-state index contributed by atoms with van der Waals surface area (Å²) < 4.78 is 5.34. The van der Waals surface area contributed by atoms with E-state index in [2.05, 4.69) is 42.6 Å². The predicted octanol–water partition coefficient (Wildman–Crippen LogP) is 4.42. The fourth-order valence-corrected chi connectivity index (χ4v) is 3.03. The number of aryl methyl sites for hydroxylation is 1. The molecule has 1 heterocycles. The molecular formula is C16H21NOS. The van der Waals surface area contributed by atoms with E-state index in [1.54, 1.807) is 6.26 Å². The Bertz CT molecular complexity index is 481. The molecule has 0 aliphatic heterocycles. The highest BCUT2D eigenvalue weighted by Crippen LogP contribution is 2.27. The summed E-state index contributed by atoms with van der Waals surface area (Å²) in [5.74, 6) is 2.03. The summed E-state index contributed by atoms with van der Waals surface area (Å²) in [5.41, 5.74) is 1.35. The zero-order chi connectivity index (χ0) is 13.5. The van der Waals surface area contributed by atoms with E-state index in [1.165, 1.54) is 10.5 Å². The number of hydrogen-bond donors (Lipinski definition) is 1. The first-order valence-corrected chi connectivity index (χ1v) is 7.75. The Morgan fingerprint density at radius 2 is 2.00 bits per heavy atom. The highest BCUT2D eigenvalue weighted by molar-refractivity contribution is 7.99. The van der Waals surface area contributed by atoms with Crippen molar-refractivity contribution in [3.8, 4) is 0 Å². The normalized spacial score (nSPS) is 12.5. The van der Waals surface area contributed by atoms with E-state index in [0.29, 0.717) is 6.04 Å². The topological polar surface area (TPSA) is 25.2 Å². The monoisotopic (exact) mass is 275 g/mol. The fourth-order valence-electron chi connectivity index (χ4n) is 1.97. The van der Waals surface area contributed by atoms with Crippen molar-refractivity contribution in [3.63, 3.8) is 0 Å². The third-order valence-electron chi connectivity index (χ3n) is 3.06.